The van der Waals surface area contributed by atoms with Crippen LogP contribution in [0.1, 0.15) is 49.8 Å². The predicted octanol–water partition coefficient (Wildman–Crippen LogP) is 4.60. The summed E-state index contributed by atoms with van der Waals surface area (Å²) in [6, 6.07) is 14.0. The zero-order valence-corrected chi connectivity index (χ0v) is 17.2. The smallest absolute Gasteiger partial charge is 0.238 e. The number of methoxy groups -OCH3 is 2. The molecule has 1 saturated heterocycles. The van der Waals surface area contributed by atoms with E-state index in [0.29, 0.717) is 12.5 Å². The van der Waals surface area contributed by atoms with Crippen LogP contribution in [0.15, 0.2) is 42.5 Å². The van der Waals surface area contributed by atoms with E-state index < -0.39 is 0 Å². The number of nitrogens with one attached hydrogen (secondary N) is 1. The number of rotatable bonds is 7. The summed E-state index contributed by atoms with van der Waals surface area (Å²) in [4.78, 5) is 15.0. The van der Waals surface area contributed by atoms with E-state index in [1.54, 1.807) is 14.2 Å². The molecule has 0 spiro atoms. The largest absolute Gasteiger partial charge is 0.497 e. The number of hydrogen-bond acceptors (Lipinski definition) is 4. The van der Waals surface area contributed by atoms with Gasteiger partial charge in [0.2, 0.25) is 5.91 Å². The average molecular weight is 383 g/mol. The van der Waals surface area contributed by atoms with Crippen LogP contribution in [-0.2, 0) is 4.79 Å². The molecule has 0 aliphatic carbocycles. The van der Waals surface area contributed by atoms with E-state index in [0.717, 1.165) is 47.7 Å². The summed E-state index contributed by atoms with van der Waals surface area (Å²) in [6.07, 6.45) is 2.06. The highest BCUT2D eigenvalue weighted by Crippen LogP contribution is 2.38. The minimum atomic E-state index is 0.0156. The van der Waals surface area contributed by atoms with Crippen LogP contribution in [0, 0.1) is 0 Å². The molecule has 1 heterocycles. The van der Waals surface area contributed by atoms with E-state index in [-0.39, 0.29) is 11.9 Å². The molecule has 28 heavy (non-hydrogen) atoms. The fourth-order valence-corrected chi connectivity index (χ4v) is 3.96. The van der Waals surface area contributed by atoms with Crippen molar-refractivity contribution in [2.75, 3.05) is 32.6 Å². The van der Waals surface area contributed by atoms with E-state index in [2.05, 4.69) is 30.1 Å². The zero-order chi connectivity index (χ0) is 20.1. The van der Waals surface area contributed by atoms with Gasteiger partial charge >= 0.3 is 0 Å². The van der Waals surface area contributed by atoms with Gasteiger partial charge in [0, 0.05) is 17.3 Å². The van der Waals surface area contributed by atoms with Crippen molar-refractivity contribution in [3.05, 3.63) is 53.6 Å². The van der Waals surface area contributed by atoms with E-state index in [9.17, 15) is 4.79 Å². The van der Waals surface area contributed by atoms with Gasteiger partial charge in [0.15, 0.2) is 0 Å². The van der Waals surface area contributed by atoms with Gasteiger partial charge in [0.25, 0.3) is 0 Å². The molecule has 150 valence electrons. The fourth-order valence-electron chi connectivity index (χ4n) is 3.96. The van der Waals surface area contributed by atoms with E-state index in [1.165, 1.54) is 0 Å². The Hall–Kier alpha value is -2.53. The highest BCUT2D eigenvalue weighted by molar-refractivity contribution is 5.93. The van der Waals surface area contributed by atoms with Gasteiger partial charge in [-0.05, 0) is 55.1 Å². The van der Waals surface area contributed by atoms with Crippen LogP contribution < -0.4 is 14.8 Å². The first-order valence-electron chi connectivity index (χ1n) is 9.88. The number of carbonyl (C=O) groups is 1. The molecule has 1 aliphatic rings. The van der Waals surface area contributed by atoms with Crippen LogP contribution in [0.25, 0.3) is 0 Å². The number of hydrogen-bond donors (Lipinski definition) is 1. The molecule has 1 aliphatic heterocycles. The topological polar surface area (TPSA) is 50.8 Å². The van der Waals surface area contributed by atoms with E-state index in [4.69, 9.17) is 9.47 Å². The molecule has 1 atom stereocenters. The Kier molecular flexibility index (Phi) is 6.57. The third-order valence-corrected chi connectivity index (χ3v) is 5.36. The minimum absolute atomic E-state index is 0.0156. The molecule has 0 aromatic heterocycles. The molecule has 0 radical (unpaired) electrons. The lowest BCUT2D eigenvalue weighted by Crippen LogP contribution is -2.33. The number of anilines is 1. The SMILES string of the molecule is COc1ccc(OC)c([C@H]2CCCN2CC(=O)Nc2ccccc2C(C)C)c1. The zero-order valence-electron chi connectivity index (χ0n) is 17.2. The summed E-state index contributed by atoms with van der Waals surface area (Å²) in [5.74, 6) is 2.01. The number of amides is 1. The normalized spacial score (nSPS) is 17.0. The molecule has 1 N–H and O–H groups in total. The first-order chi connectivity index (χ1) is 13.5. The Bertz CT molecular complexity index is 819. The van der Waals surface area contributed by atoms with E-state index in [1.807, 2.05) is 36.4 Å². The van der Waals surface area contributed by atoms with Gasteiger partial charge in [-0.25, -0.2) is 0 Å². The summed E-state index contributed by atoms with van der Waals surface area (Å²) in [5, 5.41) is 3.11. The molecule has 0 unspecified atom stereocenters. The van der Waals surface area contributed by atoms with Crippen molar-refractivity contribution in [1.29, 1.82) is 0 Å². The summed E-state index contributed by atoms with van der Waals surface area (Å²) in [5.41, 5.74) is 3.13. The van der Waals surface area contributed by atoms with Gasteiger partial charge in [-0.3, -0.25) is 9.69 Å². The predicted molar refractivity (Wildman–Crippen MR) is 112 cm³/mol. The Morgan fingerprint density at radius 1 is 1.18 bits per heavy atom. The molecule has 5 heteroatoms. The second-order valence-corrected chi connectivity index (χ2v) is 7.53. The van der Waals surface area contributed by atoms with Crippen LogP contribution in [0.3, 0.4) is 0 Å². The lowest BCUT2D eigenvalue weighted by molar-refractivity contribution is -0.117. The summed E-state index contributed by atoms with van der Waals surface area (Å²) >= 11 is 0. The van der Waals surface area contributed by atoms with Crippen molar-refractivity contribution in [2.45, 2.75) is 38.6 Å². The van der Waals surface area contributed by atoms with Crippen molar-refractivity contribution in [3.63, 3.8) is 0 Å². The lowest BCUT2D eigenvalue weighted by atomic mass is 10.0. The lowest BCUT2D eigenvalue weighted by Gasteiger charge is -2.26. The summed E-state index contributed by atoms with van der Waals surface area (Å²) < 4.78 is 11.0. The van der Waals surface area contributed by atoms with Crippen LogP contribution in [0.4, 0.5) is 5.69 Å². The van der Waals surface area contributed by atoms with E-state index >= 15 is 0 Å². The van der Waals surface area contributed by atoms with Crippen molar-refractivity contribution < 1.29 is 14.3 Å². The molecule has 5 nitrogen and oxygen atoms in total. The number of benzene rings is 2. The Morgan fingerprint density at radius 3 is 2.68 bits per heavy atom. The molecule has 2 aromatic carbocycles. The first kappa shape index (κ1) is 20.2. The quantitative estimate of drug-likeness (QED) is 0.760. The average Bonchev–Trinajstić information content (AvgIpc) is 3.15. The standard InChI is InChI=1S/C23H30N2O3/c1-16(2)18-8-5-6-9-20(18)24-23(26)15-25-13-7-10-21(25)19-14-17(27-3)11-12-22(19)28-4/h5-6,8-9,11-12,14,16,21H,7,10,13,15H2,1-4H3,(H,24,26)/t21-/m1/s1. The maximum Gasteiger partial charge on any atom is 0.238 e. The Morgan fingerprint density at radius 2 is 1.96 bits per heavy atom. The third kappa shape index (κ3) is 4.47. The number of para-hydroxylation sites is 1. The molecule has 1 amide bonds. The second kappa shape index (κ2) is 9.11. The van der Waals surface area contributed by atoms with Crippen molar-refractivity contribution in [3.8, 4) is 11.5 Å². The van der Waals surface area contributed by atoms with Crippen LogP contribution in [0.2, 0.25) is 0 Å². The Balaban J connectivity index is 1.75. The second-order valence-electron chi connectivity index (χ2n) is 7.53. The fraction of sp³-hybridized carbons (Fsp3) is 0.435. The van der Waals surface area contributed by atoms with Gasteiger partial charge in [-0.15, -0.1) is 0 Å². The number of likely N-dealkylation sites (tertiary alicyclic amines) is 1. The highest BCUT2D eigenvalue weighted by atomic mass is 16.5. The van der Waals surface area contributed by atoms with Crippen molar-refractivity contribution >= 4 is 11.6 Å². The van der Waals surface area contributed by atoms with Gasteiger partial charge < -0.3 is 14.8 Å². The molecule has 0 bridgehead atoms. The molecular formula is C23H30N2O3. The molecule has 2 aromatic rings. The molecule has 0 saturated carbocycles. The van der Waals surface area contributed by atoms with Gasteiger partial charge in [0.05, 0.1) is 20.8 Å². The molecular weight excluding hydrogens is 352 g/mol. The number of nitrogens with zero attached hydrogens (tertiary/aromatic N) is 1. The highest BCUT2D eigenvalue weighted by Gasteiger charge is 2.30. The minimum Gasteiger partial charge on any atom is -0.497 e. The third-order valence-electron chi connectivity index (χ3n) is 5.36. The van der Waals surface area contributed by atoms with Crippen LogP contribution in [-0.4, -0.2) is 38.1 Å². The van der Waals surface area contributed by atoms with Gasteiger partial charge in [0.1, 0.15) is 11.5 Å². The van der Waals surface area contributed by atoms with Crippen LogP contribution in [0.5, 0.6) is 11.5 Å². The molecule has 3 rings (SSSR count). The summed E-state index contributed by atoms with van der Waals surface area (Å²) in [7, 11) is 3.35. The van der Waals surface area contributed by atoms with Crippen molar-refractivity contribution in [2.24, 2.45) is 0 Å². The maximum absolute atomic E-state index is 12.8. The van der Waals surface area contributed by atoms with Gasteiger partial charge in [-0.2, -0.15) is 0 Å². The summed E-state index contributed by atoms with van der Waals surface area (Å²) in [6.45, 7) is 5.52. The first-order valence-corrected chi connectivity index (χ1v) is 9.88. The Labute approximate surface area is 167 Å². The maximum atomic E-state index is 12.8. The molecule has 1 fully saturated rings. The van der Waals surface area contributed by atoms with Crippen molar-refractivity contribution in [1.82, 2.24) is 4.90 Å². The number of carbonyl (C=O) groups excluding carboxylic acids is 1. The monoisotopic (exact) mass is 382 g/mol. The number of ether oxygens (including phenoxy) is 2. The van der Waals surface area contributed by atoms with Crippen LogP contribution >= 0.6 is 0 Å². The van der Waals surface area contributed by atoms with Gasteiger partial charge in [-0.1, -0.05) is 32.0 Å².